The van der Waals surface area contributed by atoms with Crippen LogP contribution in [-0.4, -0.2) is 30.6 Å². The molecule has 0 aliphatic carbocycles. The number of carboxylic acids is 1. The van der Waals surface area contributed by atoms with Crippen LogP contribution in [0.25, 0.3) is 0 Å². The fraction of sp³-hybridized carbons (Fsp3) is 0.286. The second kappa shape index (κ2) is 5.14. The van der Waals surface area contributed by atoms with Crippen LogP contribution in [0.5, 0.6) is 5.75 Å². The van der Waals surface area contributed by atoms with E-state index in [0.717, 1.165) is 0 Å². The molecule has 1 aromatic carbocycles. The molecule has 1 amide bonds. The molecule has 1 aliphatic rings. The van der Waals surface area contributed by atoms with Gasteiger partial charge in [0.15, 0.2) is 0 Å². The minimum absolute atomic E-state index is 0.0660. The van der Waals surface area contributed by atoms with Gasteiger partial charge in [-0.15, -0.1) is 6.58 Å². The first kappa shape index (κ1) is 13.1. The Bertz CT molecular complexity index is 538. The molecule has 0 radical (unpaired) electrons. The highest BCUT2D eigenvalue weighted by molar-refractivity contribution is 6.03. The highest BCUT2D eigenvalue weighted by Crippen LogP contribution is 2.31. The molecule has 1 atom stereocenters. The molecule has 0 aromatic heterocycles. The van der Waals surface area contributed by atoms with Crippen molar-refractivity contribution in [2.45, 2.75) is 6.42 Å². The Kier molecular flexibility index (Phi) is 3.55. The van der Waals surface area contributed by atoms with Gasteiger partial charge in [0.2, 0.25) is 5.91 Å². The fourth-order valence-electron chi connectivity index (χ4n) is 2.17. The van der Waals surface area contributed by atoms with Crippen molar-refractivity contribution in [3.8, 4) is 5.75 Å². The largest absolute Gasteiger partial charge is 0.497 e. The van der Waals surface area contributed by atoms with Gasteiger partial charge in [0, 0.05) is 18.9 Å². The van der Waals surface area contributed by atoms with Gasteiger partial charge in [-0.05, 0) is 18.2 Å². The summed E-state index contributed by atoms with van der Waals surface area (Å²) in [7, 11) is 1.47. The van der Waals surface area contributed by atoms with E-state index >= 15 is 0 Å². The van der Waals surface area contributed by atoms with Crippen molar-refractivity contribution in [2.24, 2.45) is 5.92 Å². The quantitative estimate of drug-likeness (QED) is 0.841. The fourth-order valence-corrected chi connectivity index (χ4v) is 2.17. The van der Waals surface area contributed by atoms with E-state index in [0.29, 0.717) is 24.4 Å². The number of benzene rings is 1. The van der Waals surface area contributed by atoms with Crippen molar-refractivity contribution in [2.75, 3.05) is 18.6 Å². The Labute approximate surface area is 111 Å². The van der Waals surface area contributed by atoms with E-state index in [1.807, 2.05) is 0 Å². The van der Waals surface area contributed by atoms with Crippen molar-refractivity contribution in [3.05, 3.63) is 36.4 Å². The van der Waals surface area contributed by atoms with Gasteiger partial charge in [-0.25, -0.2) is 4.79 Å². The van der Waals surface area contributed by atoms with Crippen molar-refractivity contribution in [3.63, 3.8) is 0 Å². The summed E-state index contributed by atoms with van der Waals surface area (Å²) in [5.74, 6) is -0.648. The number of nitrogens with zero attached hydrogens (tertiary/aromatic N) is 1. The van der Waals surface area contributed by atoms with Crippen molar-refractivity contribution < 1.29 is 19.4 Å². The number of carbonyl (C=O) groups is 2. The lowest BCUT2D eigenvalue weighted by molar-refractivity contribution is -0.117. The molecule has 19 heavy (non-hydrogen) atoms. The highest BCUT2D eigenvalue weighted by atomic mass is 16.5. The van der Waals surface area contributed by atoms with Gasteiger partial charge in [-0.1, -0.05) is 6.08 Å². The molecular weight excluding hydrogens is 246 g/mol. The Morgan fingerprint density at radius 2 is 2.32 bits per heavy atom. The second-order valence-electron chi connectivity index (χ2n) is 4.39. The van der Waals surface area contributed by atoms with Crippen LogP contribution in [0.3, 0.4) is 0 Å². The standard InChI is InChI=1S/C14H15NO4/c1-3-9-6-13(16)15(8-9)12-5-4-10(19-2)7-11(12)14(17)18/h3-5,7,9H,1,6,8H2,2H3,(H,17,18). The number of carboxylic acid groups (broad SMARTS) is 1. The summed E-state index contributed by atoms with van der Waals surface area (Å²) in [6, 6.07) is 4.67. The first-order chi connectivity index (χ1) is 9.06. The zero-order valence-electron chi connectivity index (χ0n) is 10.6. The number of hydrogen-bond acceptors (Lipinski definition) is 3. The lowest BCUT2D eigenvalue weighted by Crippen LogP contribution is -2.26. The average Bonchev–Trinajstić information content (AvgIpc) is 2.79. The zero-order valence-corrected chi connectivity index (χ0v) is 10.6. The predicted octanol–water partition coefficient (Wildman–Crippen LogP) is 1.93. The van der Waals surface area contributed by atoms with Crippen LogP contribution >= 0.6 is 0 Å². The van der Waals surface area contributed by atoms with E-state index in [2.05, 4.69) is 6.58 Å². The molecular formula is C14H15NO4. The monoisotopic (exact) mass is 261 g/mol. The number of rotatable bonds is 4. The Hall–Kier alpha value is -2.30. The predicted molar refractivity (Wildman–Crippen MR) is 70.6 cm³/mol. The number of amides is 1. The molecule has 100 valence electrons. The van der Waals surface area contributed by atoms with Gasteiger partial charge in [-0.2, -0.15) is 0 Å². The van der Waals surface area contributed by atoms with Gasteiger partial charge in [0.25, 0.3) is 0 Å². The molecule has 0 saturated carbocycles. The van der Waals surface area contributed by atoms with Crippen LogP contribution in [0.2, 0.25) is 0 Å². The summed E-state index contributed by atoms with van der Waals surface area (Å²) in [5.41, 5.74) is 0.472. The lowest BCUT2D eigenvalue weighted by Gasteiger charge is -2.19. The number of anilines is 1. The van der Waals surface area contributed by atoms with E-state index in [1.54, 1.807) is 18.2 Å². The van der Waals surface area contributed by atoms with Crippen LogP contribution in [0.15, 0.2) is 30.9 Å². The number of hydrogen-bond donors (Lipinski definition) is 1. The summed E-state index contributed by atoms with van der Waals surface area (Å²) >= 11 is 0. The van der Waals surface area contributed by atoms with E-state index in [-0.39, 0.29) is 17.4 Å². The smallest absolute Gasteiger partial charge is 0.337 e. The van der Waals surface area contributed by atoms with Gasteiger partial charge in [0.1, 0.15) is 5.75 Å². The molecule has 0 spiro atoms. The Balaban J connectivity index is 2.42. The summed E-state index contributed by atoms with van der Waals surface area (Å²) in [5, 5.41) is 9.24. The van der Waals surface area contributed by atoms with E-state index < -0.39 is 5.97 Å². The van der Waals surface area contributed by atoms with E-state index in [9.17, 15) is 14.7 Å². The SMILES string of the molecule is C=CC1CC(=O)N(c2ccc(OC)cc2C(=O)O)C1. The van der Waals surface area contributed by atoms with Crippen LogP contribution in [0.1, 0.15) is 16.8 Å². The van der Waals surface area contributed by atoms with Crippen molar-refractivity contribution in [1.82, 2.24) is 0 Å². The zero-order chi connectivity index (χ0) is 14.0. The minimum atomic E-state index is -1.08. The molecule has 1 aromatic rings. The molecule has 5 heteroatoms. The molecule has 2 rings (SSSR count). The molecule has 5 nitrogen and oxygen atoms in total. The Morgan fingerprint density at radius 3 is 2.84 bits per heavy atom. The third-order valence-electron chi connectivity index (χ3n) is 3.21. The highest BCUT2D eigenvalue weighted by Gasteiger charge is 2.31. The van der Waals surface area contributed by atoms with Gasteiger partial charge < -0.3 is 14.7 Å². The van der Waals surface area contributed by atoms with E-state index in [4.69, 9.17) is 4.74 Å². The maximum absolute atomic E-state index is 11.9. The number of methoxy groups -OCH3 is 1. The number of aromatic carboxylic acids is 1. The lowest BCUT2D eigenvalue weighted by atomic mass is 10.1. The topological polar surface area (TPSA) is 66.8 Å². The molecule has 0 bridgehead atoms. The van der Waals surface area contributed by atoms with Crippen molar-refractivity contribution in [1.29, 1.82) is 0 Å². The molecule has 1 heterocycles. The molecule has 1 N–H and O–H groups in total. The summed E-state index contributed by atoms with van der Waals surface area (Å²) in [4.78, 5) is 24.7. The van der Waals surface area contributed by atoms with Crippen LogP contribution in [-0.2, 0) is 4.79 Å². The van der Waals surface area contributed by atoms with Crippen LogP contribution < -0.4 is 9.64 Å². The number of ether oxygens (including phenoxy) is 1. The molecule has 1 aliphatic heterocycles. The normalized spacial score (nSPS) is 18.5. The number of carbonyl (C=O) groups excluding carboxylic acids is 1. The van der Waals surface area contributed by atoms with Crippen LogP contribution in [0, 0.1) is 5.92 Å². The molecule has 1 unspecified atom stereocenters. The Morgan fingerprint density at radius 1 is 1.58 bits per heavy atom. The minimum Gasteiger partial charge on any atom is -0.497 e. The summed E-state index contributed by atoms with van der Waals surface area (Å²) < 4.78 is 5.01. The molecule has 1 saturated heterocycles. The van der Waals surface area contributed by atoms with Gasteiger partial charge >= 0.3 is 5.97 Å². The maximum atomic E-state index is 11.9. The first-order valence-corrected chi connectivity index (χ1v) is 5.91. The first-order valence-electron chi connectivity index (χ1n) is 5.91. The second-order valence-corrected chi connectivity index (χ2v) is 4.39. The molecule has 1 fully saturated rings. The third-order valence-corrected chi connectivity index (χ3v) is 3.21. The summed E-state index contributed by atoms with van der Waals surface area (Å²) in [6.07, 6.45) is 2.09. The third kappa shape index (κ3) is 2.45. The maximum Gasteiger partial charge on any atom is 0.337 e. The van der Waals surface area contributed by atoms with Gasteiger partial charge in [0.05, 0.1) is 18.4 Å². The summed E-state index contributed by atoms with van der Waals surface area (Å²) in [6.45, 7) is 4.14. The van der Waals surface area contributed by atoms with Gasteiger partial charge in [-0.3, -0.25) is 4.79 Å². The van der Waals surface area contributed by atoms with Crippen LogP contribution in [0.4, 0.5) is 5.69 Å². The van der Waals surface area contributed by atoms with Crippen molar-refractivity contribution >= 4 is 17.6 Å². The van der Waals surface area contributed by atoms with E-state index in [1.165, 1.54) is 18.1 Å². The average molecular weight is 261 g/mol.